The van der Waals surface area contributed by atoms with Gasteiger partial charge in [-0.3, -0.25) is 4.98 Å². The van der Waals surface area contributed by atoms with Crippen LogP contribution in [0, 0.1) is 0 Å². The van der Waals surface area contributed by atoms with E-state index in [4.69, 9.17) is 0 Å². The summed E-state index contributed by atoms with van der Waals surface area (Å²) in [7, 11) is 2.21. The molecule has 1 aliphatic rings. The molecular formula is C16H19BrN2. The third-order valence-electron chi connectivity index (χ3n) is 4.15. The van der Waals surface area contributed by atoms with Gasteiger partial charge in [0.05, 0.1) is 5.52 Å². The first kappa shape index (κ1) is 12.9. The first-order valence-corrected chi connectivity index (χ1v) is 7.89. The summed E-state index contributed by atoms with van der Waals surface area (Å²) in [5, 5.41) is 1.25. The second kappa shape index (κ2) is 5.49. The van der Waals surface area contributed by atoms with Gasteiger partial charge in [-0.05, 0) is 25.0 Å². The zero-order valence-corrected chi connectivity index (χ0v) is 12.8. The van der Waals surface area contributed by atoms with Crippen molar-refractivity contribution in [2.45, 2.75) is 36.6 Å². The highest BCUT2D eigenvalue weighted by Gasteiger charge is 2.27. The number of para-hydroxylation sites is 1. The van der Waals surface area contributed by atoms with Crippen molar-refractivity contribution in [3.05, 3.63) is 36.5 Å². The number of fused-ring (bicyclic) bond motifs is 1. The van der Waals surface area contributed by atoms with Crippen molar-refractivity contribution in [1.29, 1.82) is 0 Å². The van der Waals surface area contributed by atoms with Crippen molar-refractivity contribution in [2.75, 3.05) is 11.9 Å². The number of alkyl halides is 1. The van der Waals surface area contributed by atoms with E-state index in [2.05, 4.69) is 57.1 Å². The molecule has 0 radical (unpaired) electrons. The number of aromatic nitrogens is 1. The molecule has 0 bridgehead atoms. The largest absolute Gasteiger partial charge is 0.370 e. The molecule has 2 atom stereocenters. The van der Waals surface area contributed by atoms with Gasteiger partial charge in [-0.1, -0.05) is 47.0 Å². The Morgan fingerprint density at radius 3 is 2.79 bits per heavy atom. The number of anilines is 1. The van der Waals surface area contributed by atoms with Crippen LogP contribution in [-0.2, 0) is 0 Å². The minimum absolute atomic E-state index is 0.583. The predicted octanol–water partition coefficient (Wildman–Crippen LogP) is 4.38. The lowest BCUT2D eigenvalue weighted by Gasteiger charge is -2.37. The summed E-state index contributed by atoms with van der Waals surface area (Å²) in [6.07, 6.45) is 7.14. The maximum absolute atomic E-state index is 4.45. The summed E-state index contributed by atoms with van der Waals surface area (Å²) in [6, 6.07) is 11.1. The first-order valence-electron chi connectivity index (χ1n) is 6.98. The van der Waals surface area contributed by atoms with Crippen molar-refractivity contribution >= 4 is 32.5 Å². The Balaban J connectivity index is 1.99. The monoisotopic (exact) mass is 318 g/mol. The highest BCUT2D eigenvalue weighted by atomic mass is 79.9. The number of rotatable bonds is 2. The van der Waals surface area contributed by atoms with Crippen LogP contribution in [0.1, 0.15) is 25.7 Å². The van der Waals surface area contributed by atoms with E-state index in [1.54, 1.807) is 0 Å². The molecule has 0 aliphatic heterocycles. The zero-order valence-electron chi connectivity index (χ0n) is 11.2. The third kappa shape index (κ3) is 2.48. The minimum atomic E-state index is 0.583. The van der Waals surface area contributed by atoms with Crippen LogP contribution in [0.15, 0.2) is 36.5 Å². The summed E-state index contributed by atoms with van der Waals surface area (Å²) in [4.78, 5) is 7.48. The van der Waals surface area contributed by atoms with Gasteiger partial charge in [0.2, 0.25) is 0 Å². The van der Waals surface area contributed by atoms with E-state index >= 15 is 0 Å². The van der Waals surface area contributed by atoms with Crippen LogP contribution in [0.3, 0.4) is 0 Å². The van der Waals surface area contributed by atoms with Crippen LogP contribution in [-0.4, -0.2) is 22.9 Å². The molecule has 1 saturated carbocycles. The molecule has 0 N–H and O–H groups in total. The molecule has 2 nitrogen and oxygen atoms in total. The summed E-state index contributed by atoms with van der Waals surface area (Å²) >= 11 is 3.86. The molecule has 19 heavy (non-hydrogen) atoms. The van der Waals surface area contributed by atoms with Crippen LogP contribution in [0.4, 0.5) is 5.69 Å². The summed E-state index contributed by atoms with van der Waals surface area (Å²) in [5.74, 6) is 0. The quantitative estimate of drug-likeness (QED) is 0.764. The number of pyridine rings is 1. The minimum Gasteiger partial charge on any atom is -0.370 e. The Hall–Kier alpha value is -1.09. The number of benzene rings is 1. The van der Waals surface area contributed by atoms with E-state index in [1.807, 2.05) is 12.3 Å². The van der Waals surface area contributed by atoms with Crippen molar-refractivity contribution in [1.82, 2.24) is 4.98 Å². The summed E-state index contributed by atoms with van der Waals surface area (Å²) < 4.78 is 0. The number of halogens is 1. The topological polar surface area (TPSA) is 16.1 Å². The molecule has 1 aromatic carbocycles. The number of nitrogens with zero attached hydrogens (tertiary/aromatic N) is 2. The molecule has 1 aromatic heterocycles. The van der Waals surface area contributed by atoms with Gasteiger partial charge in [0, 0.05) is 35.2 Å². The SMILES string of the molecule is CN(c1ccnc2ccccc12)C1CCCCC1Br. The Labute approximate surface area is 123 Å². The van der Waals surface area contributed by atoms with E-state index < -0.39 is 0 Å². The highest BCUT2D eigenvalue weighted by molar-refractivity contribution is 9.09. The second-order valence-corrected chi connectivity index (χ2v) is 6.50. The van der Waals surface area contributed by atoms with E-state index in [1.165, 1.54) is 36.8 Å². The standard InChI is InChI=1S/C16H19BrN2/c1-19(16-9-5-3-7-13(16)17)15-10-11-18-14-8-4-2-6-12(14)15/h2,4,6,8,10-11,13,16H,3,5,7,9H2,1H3. The Bertz CT molecular complexity index is 564. The molecule has 1 fully saturated rings. The van der Waals surface area contributed by atoms with Gasteiger partial charge in [-0.25, -0.2) is 0 Å². The molecule has 1 aliphatic carbocycles. The van der Waals surface area contributed by atoms with Crippen molar-refractivity contribution in [2.24, 2.45) is 0 Å². The molecule has 0 amide bonds. The van der Waals surface area contributed by atoms with Gasteiger partial charge in [-0.15, -0.1) is 0 Å². The van der Waals surface area contributed by atoms with E-state index in [0.29, 0.717) is 10.9 Å². The van der Waals surface area contributed by atoms with E-state index in [9.17, 15) is 0 Å². The Morgan fingerprint density at radius 2 is 1.95 bits per heavy atom. The lowest BCUT2D eigenvalue weighted by molar-refractivity contribution is 0.444. The van der Waals surface area contributed by atoms with Crippen LogP contribution >= 0.6 is 15.9 Å². The second-order valence-electron chi connectivity index (χ2n) is 5.33. The summed E-state index contributed by atoms with van der Waals surface area (Å²) in [6.45, 7) is 0. The van der Waals surface area contributed by atoms with Crippen molar-refractivity contribution in [3.8, 4) is 0 Å². The van der Waals surface area contributed by atoms with Gasteiger partial charge >= 0.3 is 0 Å². The van der Waals surface area contributed by atoms with Gasteiger partial charge in [0.1, 0.15) is 0 Å². The fraction of sp³-hybridized carbons (Fsp3) is 0.438. The van der Waals surface area contributed by atoms with Crippen molar-refractivity contribution in [3.63, 3.8) is 0 Å². The van der Waals surface area contributed by atoms with Gasteiger partial charge in [0.15, 0.2) is 0 Å². The zero-order chi connectivity index (χ0) is 13.2. The Morgan fingerprint density at radius 1 is 1.16 bits per heavy atom. The molecule has 2 aromatic rings. The molecule has 3 heteroatoms. The van der Waals surface area contributed by atoms with Crippen LogP contribution < -0.4 is 4.90 Å². The fourth-order valence-electron chi connectivity index (χ4n) is 3.07. The molecule has 2 unspecified atom stereocenters. The first-order chi connectivity index (χ1) is 9.27. The molecule has 1 heterocycles. The fourth-order valence-corrected chi connectivity index (χ4v) is 4.01. The van der Waals surface area contributed by atoms with Crippen LogP contribution in [0.25, 0.3) is 10.9 Å². The summed E-state index contributed by atoms with van der Waals surface area (Å²) in [5.41, 5.74) is 2.37. The van der Waals surface area contributed by atoms with Crippen LogP contribution in [0.2, 0.25) is 0 Å². The third-order valence-corrected chi connectivity index (χ3v) is 5.22. The van der Waals surface area contributed by atoms with Gasteiger partial charge < -0.3 is 4.90 Å². The van der Waals surface area contributed by atoms with Crippen molar-refractivity contribution < 1.29 is 0 Å². The predicted molar refractivity (Wildman–Crippen MR) is 85.1 cm³/mol. The molecule has 3 rings (SSSR count). The van der Waals surface area contributed by atoms with Gasteiger partial charge in [-0.2, -0.15) is 0 Å². The van der Waals surface area contributed by atoms with Gasteiger partial charge in [0.25, 0.3) is 0 Å². The number of hydrogen-bond acceptors (Lipinski definition) is 2. The molecule has 0 saturated heterocycles. The molecule has 100 valence electrons. The average molecular weight is 319 g/mol. The van der Waals surface area contributed by atoms with Crippen LogP contribution in [0.5, 0.6) is 0 Å². The van der Waals surface area contributed by atoms with E-state index in [-0.39, 0.29) is 0 Å². The molecule has 0 spiro atoms. The lowest BCUT2D eigenvalue weighted by atomic mass is 9.93. The number of hydrogen-bond donors (Lipinski definition) is 0. The normalized spacial score (nSPS) is 23.5. The Kier molecular flexibility index (Phi) is 3.74. The maximum Gasteiger partial charge on any atom is 0.0722 e. The maximum atomic E-state index is 4.45. The average Bonchev–Trinajstić information content (AvgIpc) is 2.46. The molecular weight excluding hydrogens is 300 g/mol. The smallest absolute Gasteiger partial charge is 0.0722 e. The highest BCUT2D eigenvalue weighted by Crippen LogP contribution is 2.33. The van der Waals surface area contributed by atoms with E-state index in [0.717, 1.165) is 5.52 Å². The lowest BCUT2D eigenvalue weighted by Crippen LogP contribution is -2.40.